The van der Waals surface area contributed by atoms with Crippen LogP contribution in [0.2, 0.25) is 0 Å². The molecule has 1 atom stereocenters. The molecule has 0 bridgehead atoms. The normalized spacial score (nSPS) is 15.6. The third-order valence-corrected chi connectivity index (χ3v) is 4.84. The van der Waals surface area contributed by atoms with E-state index < -0.39 is 0 Å². The van der Waals surface area contributed by atoms with E-state index in [0.717, 1.165) is 22.6 Å². The molecule has 2 heterocycles. The summed E-state index contributed by atoms with van der Waals surface area (Å²) in [4.78, 5) is 15.1. The van der Waals surface area contributed by atoms with Gasteiger partial charge in [0.05, 0.1) is 23.6 Å². The van der Waals surface area contributed by atoms with E-state index in [2.05, 4.69) is 9.88 Å². The van der Waals surface area contributed by atoms with Gasteiger partial charge in [0.15, 0.2) is 0 Å². The van der Waals surface area contributed by atoms with Crippen molar-refractivity contribution in [2.45, 2.75) is 25.9 Å². The molecular weight excluding hydrogens is 341 g/mol. The lowest BCUT2D eigenvalue weighted by Crippen LogP contribution is -2.45. The molecule has 0 spiro atoms. The molecule has 1 unspecified atom stereocenters. The van der Waals surface area contributed by atoms with Crippen LogP contribution in [-0.4, -0.2) is 23.1 Å². The lowest BCUT2D eigenvalue weighted by Gasteiger charge is -2.38. The van der Waals surface area contributed by atoms with Crippen LogP contribution in [0.15, 0.2) is 66.9 Å². The predicted octanol–water partition coefficient (Wildman–Crippen LogP) is 4.05. The van der Waals surface area contributed by atoms with Crippen LogP contribution in [0.5, 0.6) is 0 Å². The van der Waals surface area contributed by atoms with Crippen LogP contribution in [0.25, 0.3) is 5.69 Å². The molecule has 27 heavy (non-hydrogen) atoms. The fourth-order valence-electron chi connectivity index (χ4n) is 3.60. The number of para-hydroxylation sites is 2. The summed E-state index contributed by atoms with van der Waals surface area (Å²) < 4.78 is 15.6. The van der Waals surface area contributed by atoms with Gasteiger partial charge in [0.25, 0.3) is 0 Å². The minimum absolute atomic E-state index is 0.0158. The summed E-state index contributed by atoms with van der Waals surface area (Å²) in [6.07, 6.45) is 2.00. The van der Waals surface area contributed by atoms with Crippen LogP contribution in [0.3, 0.4) is 0 Å². The van der Waals surface area contributed by atoms with Crippen LogP contribution >= 0.6 is 0 Å². The van der Waals surface area contributed by atoms with Crippen molar-refractivity contribution in [1.29, 1.82) is 0 Å². The number of benzene rings is 2. The lowest BCUT2D eigenvalue weighted by molar-refractivity contribution is -0.118. The quantitative estimate of drug-likeness (QED) is 0.759. The third kappa shape index (κ3) is 3.15. The zero-order valence-electron chi connectivity index (χ0n) is 15.4. The number of nitrogens with one attached hydrogen (secondary N) is 1. The number of fused-ring (bicyclic) bond motifs is 3. The van der Waals surface area contributed by atoms with Crippen LogP contribution < -0.4 is 10.2 Å². The second-order valence-electron chi connectivity index (χ2n) is 7.05. The molecule has 1 aromatic heterocycles. The molecule has 0 saturated carbocycles. The van der Waals surface area contributed by atoms with Gasteiger partial charge in [-0.1, -0.05) is 38.1 Å². The molecule has 2 aromatic carbocycles. The Labute approximate surface area is 158 Å². The number of amides is 1. The van der Waals surface area contributed by atoms with Gasteiger partial charge in [-0.3, -0.25) is 9.69 Å². The maximum absolute atomic E-state index is 13.5. The number of rotatable bonds is 4. The number of aromatic nitrogens is 1. The first-order valence-corrected chi connectivity index (χ1v) is 9.14. The van der Waals surface area contributed by atoms with Gasteiger partial charge in [-0.2, -0.15) is 0 Å². The smallest absolute Gasteiger partial charge is 0.241 e. The topological polar surface area (TPSA) is 37.3 Å². The summed E-state index contributed by atoms with van der Waals surface area (Å²) in [7, 11) is 0. The zero-order valence-corrected chi connectivity index (χ0v) is 15.4. The first kappa shape index (κ1) is 17.5. The Morgan fingerprint density at radius 2 is 1.74 bits per heavy atom. The molecule has 0 fully saturated rings. The Morgan fingerprint density at radius 3 is 2.44 bits per heavy atom. The summed E-state index contributed by atoms with van der Waals surface area (Å²) in [6, 6.07) is 18.2. The van der Waals surface area contributed by atoms with Crippen LogP contribution in [0.1, 0.15) is 31.1 Å². The Kier molecular flexibility index (Phi) is 4.54. The van der Waals surface area contributed by atoms with Crippen molar-refractivity contribution in [3.63, 3.8) is 0 Å². The predicted molar refractivity (Wildman–Crippen MR) is 105 cm³/mol. The van der Waals surface area contributed by atoms with E-state index in [0.29, 0.717) is 0 Å². The van der Waals surface area contributed by atoms with Gasteiger partial charge in [-0.25, -0.2) is 4.39 Å². The van der Waals surface area contributed by atoms with Crippen LogP contribution in [0.4, 0.5) is 10.1 Å². The van der Waals surface area contributed by atoms with E-state index in [-0.39, 0.29) is 30.4 Å². The van der Waals surface area contributed by atoms with Gasteiger partial charge in [0, 0.05) is 12.2 Å². The monoisotopic (exact) mass is 363 g/mol. The summed E-state index contributed by atoms with van der Waals surface area (Å²) in [5, 5.41) is 3.21. The highest BCUT2D eigenvalue weighted by molar-refractivity contribution is 5.99. The Bertz CT molecular complexity index is 962. The molecule has 138 valence electrons. The second kappa shape index (κ2) is 7.00. The minimum atomic E-state index is -0.308. The van der Waals surface area contributed by atoms with Gasteiger partial charge in [0.1, 0.15) is 11.9 Å². The number of anilines is 1. The van der Waals surface area contributed by atoms with Gasteiger partial charge in [-0.15, -0.1) is 0 Å². The molecule has 4 nitrogen and oxygen atoms in total. The molecule has 0 radical (unpaired) electrons. The maximum Gasteiger partial charge on any atom is 0.241 e. The molecule has 0 saturated heterocycles. The number of halogens is 1. The van der Waals surface area contributed by atoms with Gasteiger partial charge >= 0.3 is 0 Å². The summed E-state index contributed by atoms with van der Waals surface area (Å²) in [5.74, 6) is -0.303. The zero-order chi connectivity index (χ0) is 19.0. The van der Waals surface area contributed by atoms with Gasteiger partial charge in [0.2, 0.25) is 5.91 Å². The van der Waals surface area contributed by atoms with E-state index in [1.54, 1.807) is 12.1 Å². The molecule has 1 N–H and O–H groups in total. The van der Waals surface area contributed by atoms with Crippen molar-refractivity contribution >= 4 is 11.6 Å². The van der Waals surface area contributed by atoms with E-state index >= 15 is 0 Å². The standard InChI is InChI=1S/C22H22FN3O/c1-15(2)24-14-21(27)26-19-7-4-3-6-18(19)25-13-5-8-20(25)22(26)16-9-11-17(23)12-10-16/h3-13,15,22,24H,14H2,1-2H3. The Balaban J connectivity index is 1.86. The number of hydrogen-bond acceptors (Lipinski definition) is 2. The number of carbonyl (C=O) groups excluding carboxylic acids is 1. The first-order chi connectivity index (χ1) is 13.1. The fraction of sp³-hybridized carbons (Fsp3) is 0.227. The molecule has 1 aliphatic heterocycles. The average molecular weight is 363 g/mol. The fourth-order valence-corrected chi connectivity index (χ4v) is 3.60. The highest BCUT2D eigenvalue weighted by atomic mass is 19.1. The molecule has 5 heteroatoms. The van der Waals surface area contributed by atoms with Gasteiger partial charge in [-0.05, 0) is 42.0 Å². The van der Waals surface area contributed by atoms with Crippen molar-refractivity contribution in [1.82, 2.24) is 9.88 Å². The highest BCUT2D eigenvalue weighted by Crippen LogP contribution is 2.42. The number of nitrogens with zero attached hydrogens (tertiary/aromatic N) is 2. The molecule has 1 aliphatic rings. The van der Waals surface area contributed by atoms with E-state index in [9.17, 15) is 9.18 Å². The van der Waals surface area contributed by atoms with E-state index in [1.165, 1.54) is 12.1 Å². The van der Waals surface area contributed by atoms with Gasteiger partial charge < -0.3 is 9.88 Å². The summed E-state index contributed by atoms with van der Waals surface area (Å²) >= 11 is 0. The van der Waals surface area contributed by atoms with Crippen molar-refractivity contribution in [3.8, 4) is 5.69 Å². The SMILES string of the molecule is CC(C)NCC(=O)N1c2ccccc2-n2cccc2C1c1ccc(F)cc1. The molecule has 1 amide bonds. The second-order valence-corrected chi connectivity index (χ2v) is 7.05. The molecule has 0 aliphatic carbocycles. The maximum atomic E-state index is 13.5. The average Bonchev–Trinajstić information content (AvgIpc) is 3.15. The molecular formula is C22H22FN3O. The highest BCUT2D eigenvalue weighted by Gasteiger charge is 2.35. The largest absolute Gasteiger partial charge is 0.316 e. The first-order valence-electron chi connectivity index (χ1n) is 9.14. The molecule has 4 rings (SSSR count). The number of carbonyl (C=O) groups is 1. The summed E-state index contributed by atoms with van der Waals surface area (Å²) in [5.41, 5.74) is 3.68. The van der Waals surface area contributed by atoms with Crippen LogP contribution in [0, 0.1) is 5.82 Å². The van der Waals surface area contributed by atoms with Crippen molar-refractivity contribution in [3.05, 3.63) is 83.9 Å². The minimum Gasteiger partial charge on any atom is -0.316 e. The van der Waals surface area contributed by atoms with Crippen LogP contribution in [-0.2, 0) is 4.79 Å². The van der Waals surface area contributed by atoms with Crippen molar-refractivity contribution in [2.75, 3.05) is 11.4 Å². The third-order valence-electron chi connectivity index (χ3n) is 4.84. The van der Waals surface area contributed by atoms with E-state index in [1.807, 2.05) is 61.3 Å². The number of hydrogen-bond donors (Lipinski definition) is 1. The lowest BCUT2D eigenvalue weighted by atomic mass is 9.97. The Morgan fingerprint density at radius 1 is 1.04 bits per heavy atom. The summed E-state index contributed by atoms with van der Waals surface area (Å²) in [6.45, 7) is 4.27. The van der Waals surface area contributed by atoms with E-state index in [4.69, 9.17) is 0 Å². The van der Waals surface area contributed by atoms with Crippen molar-refractivity contribution in [2.24, 2.45) is 0 Å². The van der Waals surface area contributed by atoms with Crippen molar-refractivity contribution < 1.29 is 9.18 Å². The molecule has 3 aromatic rings. The Hall–Kier alpha value is -2.92.